The molecule has 1 amide bonds. The van der Waals surface area contributed by atoms with Gasteiger partial charge in [-0.05, 0) is 24.6 Å². The van der Waals surface area contributed by atoms with Crippen molar-refractivity contribution in [3.05, 3.63) is 47.0 Å². The van der Waals surface area contributed by atoms with E-state index in [1.165, 1.54) is 52.5 Å². The van der Waals surface area contributed by atoms with Gasteiger partial charge in [0.15, 0.2) is 11.5 Å². The maximum atomic E-state index is 13.0. The Morgan fingerprint density at radius 1 is 0.923 bits per heavy atom. The fourth-order valence-corrected chi connectivity index (χ4v) is 2.41. The normalized spacial score (nSPS) is 11.0. The van der Waals surface area contributed by atoms with Crippen LogP contribution in [0.4, 0.5) is 18.9 Å². The summed E-state index contributed by atoms with van der Waals surface area (Å²) in [5.74, 6) is 0.206. The molecule has 5 nitrogen and oxygen atoms in total. The molecule has 0 aliphatic carbocycles. The van der Waals surface area contributed by atoms with Crippen LogP contribution in [0.15, 0.2) is 30.3 Å². The molecule has 0 radical (unpaired) electrons. The van der Waals surface area contributed by atoms with Crippen LogP contribution in [0.25, 0.3) is 0 Å². The first-order valence-corrected chi connectivity index (χ1v) is 7.50. The lowest BCUT2D eigenvalue weighted by Gasteiger charge is -2.15. The molecular weight excluding hydrogens is 351 g/mol. The number of alkyl halides is 3. The summed E-state index contributed by atoms with van der Waals surface area (Å²) in [6, 6.07) is 6.44. The molecule has 1 N–H and O–H groups in total. The minimum atomic E-state index is -4.51. The van der Waals surface area contributed by atoms with Crippen molar-refractivity contribution in [1.82, 2.24) is 0 Å². The molecule has 2 aromatic rings. The molecule has 0 saturated heterocycles. The number of hydrogen-bond acceptors (Lipinski definition) is 4. The lowest BCUT2D eigenvalue weighted by Crippen LogP contribution is -2.15. The minimum absolute atomic E-state index is 0.0183. The van der Waals surface area contributed by atoms with Crippen LogP contribution in [0.3, 0.4) is 0 Å². The van der Waals surface area contributed by atoms with Crippen LogP contribution >= 0.6 is 0 Å². The third-order valence-corrected chi connectivity index (χ3v) is 3.75. The molecule has 0 bridgehead atoms. The number of carbonyl (C=O) groups excluding carboxylic acids is 1. The van der Waals surface area contributed by atoms with E-state index in [9.17, 15) is 18.0 Å². The van der Waals surface area contributed by atoms with E-state index < -0.39 is 17.6 Å². The zero-order valence-electron chi connectivity index (χ0n) is 14.7. The number of nitrogens with one attached hydrogen (secondary N) is 1. The Balaban J connectivity index is 2.39. The van der Waals surface area contributed by atoms with Crippen LogP contribution in [0.2, 0.25) is 0 Å². The third-order valence-electron chi connectivity index (χ3n) is 3.75. The van der Waals surface area contributed by atoms with Crippen molar-refractivity contribution >= 4 is 11.6 Å². The van der Waals surface area contributed by atoms with Gasteiger partial charge in [0, 0.05) is 17.8 Å². The van der Waals surface area contributed by atoms with E-state index in [0.717, 1.165) is 6.07 Å². The number of halogens is 3. The molecule has 0 atom stereocenters. The number of hydrogen-bond donors (Lipinski definition) is 1. The molecule has 0 unspecified atom stereocenters. The second-order valence-electron chi connectivity index (χ2n) is 5.39. The number of aryl methyl sites for hydroxylation is 1. The molecule has 0 aliphatic rings. The first kappa shape index (κ1) is 19.4. The number of carbonyl (C=O) groups is 1. The molecule has 2 aromatic carbocycles. The van der Waals surface area contributed by atoms with Crippen LogP contribution < -0.4 is 19.5 Å². The Bertz CT molecular complexity index is 819. The van der Waals surface area contributed by atoms with E-state index in [0.29, 0.717) is 11.5 Å². The lowest BCUT2D eigenvalue weighted by molar-refractivity contribution is -0.138. The Kier molecular flexibility index (Phi) is 5.64. The topological polar surface area (TPSA) is 56.8 Å². The van der Waals surface area contributed by atoms with Crippen LogP contribution in [-0.2, 0) is 6.18 Å². The maximum absolute atomic E-state index is 13.0. The van der Waals surface area contributed by atoms with Gasteiger partial charge in [-0.2, -0.15) is 13.2 Å². The van der Waals surface area contributed by atoms with Gasteiger partial charge in [-0.3, -0.25) is 4.79 Å². The van der Waals surface area contributed by atoms with E-state index in [1.54, 1.807) is 0 Å². The van der Waals surface area contributed by atoms with E-state index in [2.05, 4.69) is 5.32 Å². The van der Waals surface area contributed by atoms with Crippen molar-refractivity contribution in [2.24, 2.45) is 0 Å². The Morgan fingerprint density at radius 2 is 1.50 bits per heavy atom. The highest BCUT2D eigenvalue weighted by atomic mass is 19.4. The van der Waals surface area contributed by atoms with Gasteiger partial charge in [0.05, 0.1) is 32.5 Å². The fourth-order valence-electron chi connectivity index (χ4n) is 2.41. The van der Waals surface area contributed by atoms with E-state index in [1.807, 2.05) is 0 Å². The maximum Gasteiger partial charge on any atom is 0.416 e. The van der Waals surface area contributed by atoms with Gasteiger partial charge in [-0.25, -0.2) is 0 Å². The Morgan fingerprint density at radius 3 is 2.04 bits per heavy atom. The summed E-state index contributed by atoms with van der Waals surface area (Å²) in [7, 11) is 4.20. The largest absolute Gasteiger partial charge is 0.496 e. The molecule has 0 heterocycles. The average molecular weight is 369 g/mol. The molecule has 0 spiro atoms. The summed E-state index contributed by atoms with van der Waals surface area (Å²) in [5.41, 5.74) is -0.627. The van der Waals surface area contributed by atoms with Gasteiger partial charge < -0.3 is 19.5 Å². The number of ether oxygens (including phenoxy) is 3. The van der Waals surface area contributed by atoms with Crippen LogP contribution in [0.5, 0.6) is 17.2 Å². The molecule has 0 aromatic heterocycles. The first-order valence-electron chi connectivity index (χ1n) is 7.50. The van der Waals surface area contributed by atoms with E-state index in [-0.39, 0.29) is 22.6 Å². The van der Waals surface area contributed by atoms with Crippen LogP contribution in [0.1, 0.15) is 21.5 Å². The number of amides is 1. The fraction of sp³-hybridized carbons (Fsp3) is 0.278. The molecule has 140 valence electrons. The second kappa shape index (κ2) is 7.55. The summed E-state index contributed by atoms with van der Waals surface area (Å²) in [6.45, 7) is 1.35. The SMILES string of the molecule is COc1cc(OC)c(C(=O)Nc2ccc(C)c(C(F)(F)F)c2)cc1OC. The van der Waals surface area contributed by atoms with Gasteiger partial charge in [0.25, 0.3) is 5.91 Å². The van der Waals surface area contributed by atoms with E-state index >= 15 is 0 Å². The van der Waals surface area contributed by atoms with Crippen molar-refractivity contribution in [3.63, 3.8) is 0 Å². The van der Waals surface area contributed by atoms with Crippen LogP contribution in [-0.4, -0.2) is 27.2 Å². The second-order valence-corrected chi connectivity index (χ2v) is 5.39. The molecule has 0 saturated carbocycles. The van der Waals surface area contributed by atoms with Gasteiger partial charge in [-0.15, -0.1) is 0 Å². The summed E-state index contributed by atoms with van der Waals surface area (Å²) < 4.78 is 54.5. The first-order chi connectivity index (χ1) is 12.2. The molecule has 8 heteroatoms. The quantitative estimate of drug-likeness (QED) is 0.854. The zero-order valence-corrected chi connectivity index (χ0v) is 14.7. The minimum Gasteiger partial charge on any atom is -0.496 e. The lowest BCUT2D eigenvalue weighted by atomic mass is 10.1. The highest BCUT2D eigenvalue weighted by molar-refractivity contribution is 6.06. The Hall–Kier alpha value is -2.90. The van der Waals surface area contributed by atoms with Gasteiger partial charge in [-0.1, -0.05) is 6.07 Å². The standard InChI is InChI=1S/C18H18F3NO4/c1-10-5-6-11(7-13(10)18(19,20)21)22-17(23)12-8-15(25-3)16(26-4)9-14(12)24-2/h5-9H,1-4H3,(H,22,23). The monoisotopic (exact) mass is 369 g/mol. The number of anilines is 1. The highest BCUT2D eigenvalue weighted by Crippen LogP contribution is 2.36. The van der Waals surface area contributed by atoms with Crippen molar-refractivity contribution in [1.29, 1.82) is 0 Å². The number of benzene rings is 2. The summed E-state index contributed by atoms with van der Waals surface area (Å²) in [5, 5.41) is 2.45. The predicted molar refractivity (Wildman–Crippen MR) is 90.2 cm³/mol. The smallest absolute Gasteiger partial charge is 0.416 e. The van der Waals surface area contributed by atoms with Gasteiger partial charge in [0.1, 0.15) is 5.75 Å². The summed E-state index contributed by atoms with van der Waals surface area (Å²) in [4.78, 5) is 12.5. The number of methoxy groups -OCH3 is 3. The van der Waals surface area contributed by atoms with E-state index in [4.69, 9.17) is 14.2 Å². The summed E-state index contributed by atoms with van der Waals surface area (Å²) >= 11 is 0. The van der Waals surface area contributed by atoms with Crippen molar-refractivity contribution in [2.45, 2.75) is 13.1 Å². The Labute approximate surface area is 148 Å². The van der Waals surface area contributed by atoms with Crippen LogP contribution in [0, 0.1) is 6.92 Å². The molecule has 0 fully saturated rings. The molecular formula is C18H18F3NO4. The van der Waals surface area contributed by atoms with Gasteiger partial charge >= 0.3 is 6.18 Å². The number of rotatable bonds is 5. The summed E-state index contributed by atoms with van der Waals surface area (Å²) in [6.07, 6.45) is -4.51. The van der Waals surface area contributed by atoms with Crippen molar-refractivity contribution in [3.8, 4) is 17.2 Å². The van der Waals surface area contributed by atoms with Crippen molar-refractivity contribution in [2.75, 3.05) is 26.6 Å². The molecule has 0 aliphatic heterocycles. The van der Waals surface area contributed by atoms with Gasteiger partial charge in [0.2, 0.25) is 0 Å². The zero-order chi connectivity index (χ0) is 19.5. The average Bonchev–Trinajstić information content (AvgIpc) is 2.60. The molecule has 26 heavy (non-hydrogen) atoms. The highest BCUT2D eigenvalue weighted by Gasteiger charge is 2.32. The predicted octanol–water partition coefficient (Wildman–Crippen LogP) is 4.29. The third kappa shape index (κ3) is 4.01. The molecule has 2 rings (SSSR count). The van der Waals surface area contributed by atoms with Crippen molar-refractivity contribution < 1.29 is 32.2 Å².